The van der Waals surface area contributed by atoms with Crippen LogP contribution >= 0.6 is 0 Å². The van der Waals surface area contributed by atoms with Gasteiger partial charge in [-0.05, 0) is 25.7 Å². The maximum atomic E-state index is 11.4. The van der Waals surface area contributed by atoms with E-state index in [1.807, 2.05) is 13.8 Å². The maximum Gasteiger partial charge on any atom is 0.335 e. The SMILES string of the molecule is CCCC(CCC)(OCC1CCCO1)C(=O)O. The molecule has 1 rings (SSSR count). The van der Waals surface area contributed by atoms with Crippen molar-refractivity contribution in [2.24, 2.45) is 0 Å². The summed E-state index contributed by atoms with van der Waals surface area (Å²) in [5.74, 6) is -0.834. The highest BCUT2D eigenvalue weighted by molar-refractivity contribution is 5.77. The molecule has 1 fully saturated rings. The third-order valence-corrected chi connectivity index (χ3v) is 3.27. The fourth-order valence-corrected chi connectivity index (χ4v) is 2.38. The summed E-state index contributed by atoms with van der Waals surface area (Å²) >= 11 is 0. The molecule has 1 saturated heterocycles. The van der Waals surface area contributed by atoms with Crippen LogP contribution in [0.15, 0.2) is 0 Å². The largest absolute Gasteiger partial charge is 0.479 e. The van der Waals surface area contributed by atoms with Gasteiger partial charge in [0.1, 0.15) is 0 Å². The Kier molecular flexibility index (Phi) is 5.92. The van der Waals surface area contributed by atoms with Gasteiger partial charge in [0.25, 0.3) is 0 Å². The summed E-state index contributed by atoms with van der Waals surface area (Å²) < 4.78 is 11.2. The van der Waals surface area contributed by atoms with Gasteiger partial charge < -0.3 is 14.6 Å². The fourth-order valence-electron chi connectivity index (χ4n) is 2.38. The van der Waals surface area contributed by atoms with Crippen molar-refractivity contribution in [2.75, 3.05) is 13.2 Å². The van der Waals surface area contributed by atoms with Gasteiger partial charge in [-0.3, -0.25) is 0 Å². The summed E-state index contributed by atoms with van der Waals surface area (Å²) in [5, 5.41) is 9.39. The molecule has 4 nitrogen and oxygen atoms in total. The van der Waals surface area contributed by atoms with Crippen LogP contribution in [0.1, 0.15) is 52.4 Å². The van der Waals surface area contributed by atoms with Crippen molar-refractivity contribution >= 4 is 5.97 Å². The molecule has 0 bridgehead atoms. The van der Waals surface area contributed by atoms with E-state index >= 15 is 0 Å². The van der Waals surface area contributed by atoms with Crippen molar-refractivity contribution in [3.63, 3.8) is 0 Å². The second-order valence-electron chi connectivity index (χ2n) is 4.75. The number of aliphatic carboxylic acids is 1. The Bertz CT molecular complexity index is 228. The molecule has 1 atom stereocenters. The van der Waals surface area contributed by atoms with Crippen LogP contribution in [0.4, 0.5) is 0 Å². The Morgan fingerprint density at radius 3 is 2.47 bits per heavy atom. The second kappa shape index (κ2) is 6.97. The number of ether oxygens (including phenoxy) is 2. The van der Waals surface area contributed by atoms with Crippen molar-refractivity contribution in [1.29, 1.82) is 0 Å². The van der Waals surface area contributed by atoms with Crippen LogP contribution in [0.3, 0.4) is 0 Å². The zero-order valence-electron chi connectivity index (χ0n) is 10.9. The molecule has 0 aromatic carbocycles. The molecule has 0 amide bonds. The van der Waals surface area contributed by atoms with Gasteiger partial charge in [0.05, 0.1) is 12.7 Å². The van der Waals surface area contributed by atoms with Gasteiger partial charge in [0, 0.05) is 6.61 Å². The number of carboxylic acid groups (broad SMARTS) is 1. The van der Waals surface area contributed by atoms with Crippen molar-refractivity contribution in [3.8, 4) is 0 Å². The Hall–Kier alpha value is -0.610. The summed E-state index contributed by atoms with van der Waals surface area (Å²) in [6.45, 7) is 5.16. The van der Waals surface area contributed by atoms with Gasteiger partial charge in [-0.25, -0.2) is 4.79 Å². The van der Waals surface area contributed by atoms with Crippen LogP contribution < -0.4 is 0 Å². The van der Waals surface area contributed by atoms with Crippen LogP contribution in [0, 0.1) is 0 Å². The van der Waals surface area contributed by atoms with Crippen molar-refractivity contribution in [1.82, 2.24) is 0 Å². The van der Waals surface area contributed by atoms with Crippen molar-refractivity contribution < 1.29 is 19.4 Å². The highest BCUT2D eigenvalue weighted by Crippen LogP contribution is 2.26. The van der Waals surface area contributed by atoms with Crippen LogP contribution in [-0.4, -0.2) is 36.0 Å². The summed E-state index contributed by atoms with van der Waals surface area (Å²) in [4.78, 5) is 11.4. The zero-order valence-corrected chi connectivity index (χ0v) is 10.9. The Morgan fingerprint density at radius 1 is 1.41 bits per heavy atom. The van der Waals surface area contributed by atoms with E-state index in [1.54, 1.807) is 0 Å². The summed E-state index contributed by atoms with van der Waals surface area (Å²) in [5.41, 5.74) is -1.00. The van der Waals surface area contributed by atoms with Crippen LogP contribution in [-0.2, 0) is 14.3 Å². The average molecular weight is 244 g/mol. The zero-order chi connectivity index (χ0) is 12.7. The number of hydrogen-bond acceptors (Lipinski definition) is 3. The predicted molar refractivity (Wildman–Crippen MR) is 65.1 cm³/mol. The molecule has 4 heteroatoms. The molecule has 17 heavy (non-hydrogen) atoms. The number of carboxylic acids is 1. The molecule has 1 N–H and O–H groups in total. The molecular formula is C13H24O4. The lowest BCUT2D eigenvalue weighted by Gasteiger charge is -2.30. The number of carbonyl (C=O) groups is 1. The number of hydrogen-bond donors (Lipinski definition) is 1. The molecule has 0 radical (unpaired) electrons. The molecule has 0 aromatic rings. The smallest absolute Gasteiger partial charge is 0.335 e. The van der Waals surface area contributed by atoms with E-state index in [1.165, 1.54) is 0 Å². The maximum absolute atomic E-state index is 11.4. The minimum atomic E-state index is -1.00. The van der Waals surface area contributed by atoms with Crippen LogP contribution in [0.5, 0.6) is 0 Å². The van der Waals surface area contributed by atoms with Crippen LogP contribution in [0.25, 0.3) is 0 Å². The number of rotatable bonds is 8. The first-order valence-electron chi connectivity index (χ1n) is 6.63. The quantitative estimate of drug-likeness (QED) is 0.713. The van der Waals surface area contributed by atoms with Gasteiger partial charge in [0.2, 0.25) is 0 Å². The normalized spacial score (nSPS) is 20.7. The predicted octanol–water partition coefficient (Wildman–Crippen LogP) is 2.61. The van der Waals surface area contributed by atoms with Crippen molar-refractivity contribution in [3.05, 3.63) is 0 Å². The second-order valence-corrected chi connectivity index (χ2v) is 4.75. The Balaban J connectivity index is 2.56. The summed E-state index contributed by atoms with van der Waals surface area (Å²) in [7, 11) is 0. The van der Waals surface area contributed by atoms with Gasteiger partial charge in [-0.2, -0.15) is 0 Å². The topological polar surface area (TPSA) is 55.8 Å². The third kappa shape index (κ3) is 3.96. The standard InChI is InChI=1S/C13H24O4/c1-3-7-13(8-4-2,12(14)15)17-10-11-6-5-9-16-11/h11H,3-10H2,1-2H3,(H,14,15). The minimum Gasteiger partial charge on any atom is -0.479 e. The molecule has 1 aliphatic heterocycles. The lowest BCUT2D eigenvalue weighted by molar-refractivity contribution is -0.172. The average Bonchev–Trinajstić information content (AvgIpc) is 2.79. The summed E-state index contributed by atoms with van der Waals surface area (Å²) in [6.07, 6.45) is 4.90. The van der Waals surface area contributed by atoms with Gasteiger partial charge in [0.15, 0.2) is 5.60 Å². The molecule has 100 valence electrons. The third-order valence-electron chi connectivity index (χ3n) is 3.27. The molecule has 0 aromatic heterocycles. The first-order chi connectivity index (χ1) is 8.14. The molecule has 1 unspecified atom stereocenters. The first-order valence-corrected chi connectivity index (χ1v) is 6.63. The lowest BCUT2D eigenvalue weighted by Crippen LogP contribution is -2.43. The highest BCUT2D eigenvalue weighted by atomic mass is 16.6. The minimum absolute atomic E-state index is 0.0856. The molecule has 1 aliphatic rings. The Labute approximate surface area is 103 Å². The van der Waals surface area contributed by atoms with E-state index in [4.69, 9.17) is 9.47 Å². The monoisotopic (exact) mass is 244 g/mol. The molecule has 0 saturated carbocycles. The first kappa shape index (κ1) is 14.5. The fraction of sp³-hybridized carbons (Fsp3) is 0.923. The van der Waals surface area contributed by atoms with E-state index in [0.29, 0.717) is 19.4 Å². The van der Waals surface area contributed by atoms with E-state index in [2.05, 4.69) is 0 Å². The molecule has 1 heterocycles. The molecule has 0 spiro atoms. The van der Waals surface area contributed by atoms with Gasteiger partial charge in [-0.1, -0.05) is 26.7 Å². The highest BCUT2D eigenvalue weighted by Gasteiger charge is 2.38. The van der Waals surface area contributed by atoms with Gasteiger partial charge >= 0.3 is 5.97 Å². The summed E-state index contributed by atoms with van der Waals surface area (Å²) in [6, 6.07) is 0. The van der Waals surface area contributed by atoms with E-state index in [-0.39, 0.29) is 6.10 Å². The van der Waals surface area contributed by atoms with Crippen molar-refractivity contribution in [2.45, 2.75) is 64.1 Å². The van der Waals surface area contributed by atoms with E-state index in [0.717, 1.165) is 32.3 Å². The Morgan fingerprint density at radius 2 is 2.06 bits per heavy atom. The molecular weight excluding hydrogens is 220 g/mol. The lowest BCUT2D eigenvalue weighted by atomic mass is 9.92. The van der Waals surface area contributed by atoms with Crippen LogP contribution in [0.2, 0.25) is 0 Å². The van der Waals surface area contributed by atoms with E-state index in [9.17, 15) is 9.90 Å². The van der Waals surface area contributed by atoms with Gasteiger partial charge in [-0.15, -0.1) is 0 Å². The molecule has 0 aliphatic carbocycles. The van der Waals surface area contributed by atoms with E-state index < -0.39 is 11.6 Å².